The van der Waals surface area contributed by atoms with Crippen LogP contribution in [0.5, 0.6) is 5.75 Å². The van der Waals surface area contributed by atoms with Crippen LogP contribution in [-0.4, -0.2) is 12.0 Å². The van der Waals surface area contributed by atoms with E-state index in [-0.39, 0.29) is 5.69 Å². The van der Waals surface area contributed by atoms with Crippen LogP contribution < -0.4 is 10.1 Å². The average Bonchev–Trinajstić information content (AvgIpc) is 2.89. The van der Waals surface area contributed by atoms with Crippen molar-refractivity contribution in [3.8, 4) is 5.75 Å². The number of rotatable bonds is 6. The van der Waals surface area contributed by atoms with E-state index in [1.165, 1.54) is 6.07 Å². The van der Waals surface area contributed by atoms with Gasteiger partial charge in [0.15, 0.2) is 5.75 Å². The normalized spacial score (nSPS) is 10.4. The minimum Gasteiger partial charge on any atom is -0.481 e. The Kier molecular flexibility index (Phi) is 4.48. The topological polar surface area (TPSA) is 64.4 Å². The predicted octanol–water partition coefficient (Wildman–Crippen LogP) is 2.95. The molecule has 0 amide bonds. The smallest absolute Gasteiger partial charge is 0.310 e. The second-order valence-electron chi connectivity index (χ2n) is 3.96. The Balaban J connectivity index is 2.19. The predicted molar refractivity (Wildman–Crippen MR) is 74.5 cm³/mol. The summed E-state index contributed by atoms with van der Waals surface area (Å²) in [6.07, 6.45) is 0. The summed E-state index contributed by atoms with van der Waals surface area (Å²) in [5, 5.41) is 15.9. The summed E-state index contributed by atoms with van der Waals surface area (Å²) in [5.74, 6) is 0.311. The lowest BCUT2D eigenvalue weighted by Gasteiger charge is -2.08. The third-order valence-electron chi connectivity index (χ3n) is 2.55. The van der Waals surface area contributed by atoms with Crippen LogP contribution in [0.1, 0.15) is 10.4 Å². The number of hydrogen-bond donors (Lipinski definition) is 1. The van der Waals surface area contributed by atoms with E-state index in [2.05, 4.69) is 5.32 Å². The van der Waals surface area contributed by atoms with Gasteiger partial charge in [0, 0.05) is 17.5 Å². The second-order valence-corrected chi connectivity index (χ2v) is 4.99. The van der Waals surface area contributed by atoms with Crippen LogP contribution in [0.25, 0.3) is 0 Å². The average molecular weight is 278 g/mol. The minimum atomic E-state index is -0.424. The minimum absolute atomic E-state index is 0.00332. The van der Waals surface area contributed by atoms with Gasteiger partial charge < -0.3 is 10.1 Å². The van der Waals surface area contributed by atoms with Crippen molar-refractivity contribution in [1.29, 1.82) is 0 Å². The van der Waals surface area contributed by atoms with Crippen molar-refractivity contribution in [1.82, 2.24) is 5.32 Å². The number of nitrogens with one attached hydrogen (secondary N) is 1. The Bertz CT molecular complexity index is 555. The zero-order valence-electron chi connectivity index (χ0n) is 10.5. The van der Waals surface area contributed by atoms with Crippen molar-refractivity contribution in [3.05, 3.63) is 56.3 Å². The summed E-state index contributed by atoms with van der Waals surface area (Å²) in [6, 6.07) is 8.79. The first-order chi connectivity index (χ1) is 9.20. The van der Waals surface area contributed by atoms with Gasteiger partial charge in [-0.25, -0.2) is 0 Å². The van der Waals surface area contributed by atoms with Gasteiger partial charge in [-0.15, -0.1) is 11.3 Å². The molecule has 0 saturated heterocycles. The summed E-state index contributed by atoms with van der Waals surface area (Å²) < 4.78 is 5.57. The van der Waals surface area contributed by atoms with Crippen LogP contribution in [0.4, 0.5) is 5.69 Å². The first-order valence-electron chi connectivity index (χ1n) is 5.78. The first kappa shape index (κ1) is 13.5. The summed E-state index contributed by atoms with van der Waals surface area (Å²) >= 11 is 1.56. The molecule has 0 aliphatic carbocycles. The fourth-order valence-electron chi connectivity index (χ4n) is 1.68. The molecule has 0 aliphatic rings. The molecule has 100 valence electrons. The molecule has 1 heterocycles. The van der Waals surface area contributed by atoms with Gasteiger partial charge in [-0.3, -0.25) is 10.1 Å². The highest BCUT2D eigenvalue weighted by atomic mass is 32.1. The molecule has 1 aromatic heterocycles. The van der Waals surface area contributed by atoms with Crippen molar-refractivity contribution in [3.63, 3.8) is 0 Å². The zero-order valence-corrected chi connectivity index (χ0v) is 11.3. The Morgan fingerprint density at radius 2 is 2.26 bits per heavy atom. The largest absolute Gasteiger partial charge is 0.481 e. The highest BCUT2D eigenvalue weighted by molar-refractivity contribution is 7.09. The van der Waals surface area contributed by atoms with Crippen LogP contribution in [0.3, 0.4) is 0 Å². The highest BCUT2D eigenvalue weighted by Crippen LogP contribution is 2.29. The van der Waals surface area contributed by atoms with Crippen LogP contribution >= 0.6 is 11.3 Å². The molecule has 0 fully saturated rings. The molecule has 5 nitrogen and oxygen atoms in total. The van der Waals surface area contributed by atoms with Crippen molar-refractivity contribution in [2.45, 2.75) is 13.2 Å². The molecule has 0 aliphatic heterocycles. The first-order valence-corrected chi connectivity index (χ1v) is 6.66. The van der Waals surface area contributed by atoms with Gasteiger partial charge in [-0.2, -0.15) is 0 Å². The molecule has 0 spiro atoms. The molecule has 1 N–H and O–H groups in total. The lowest BCUT2D eigenvalue weighted by atomic mass is 10.2. The zero-order chi connectivity index (χ0) is 13.7. The molecule has 2 aromatic rings. The third kappa shape index (κ3) is 3.52. The Hall–Kier alpha value is -1.92. The van der Waals surface area contributed by atoms with E-state index in [1.54, 1.807) is 23.5 Å². The number of nitro groups is 1. The van der Waals surface area contributed by atoms with E-state index in [1.807, 2.05) is 24.6 Å². The molecule has 6 heteroatoms. The molecule has 19 heavy (non-hydrogen) atoms. The maximum atomic E-state index is 11.0. The molecule has 0 unspecified atom stereocenters. The fourth-order valence-corrected chi connectivity index (χ4v) is 2.30. The van der Waals surface area contributed by atoms with Crippen molar-refractivity contribution in [2.24, 2.45) is 0 Å². The quantitative estimate of drug-likeness (QED) is 0.651. The Labute approximate surface area is 115 Å². The maximum Gasteiger partial charge on any atom is 0.310 e. The molecule has 2 rings (SSSR count). The Morgan fingerprint density at radius 1 is 1.42 bits per heavy atom. The lowest BCUT2D eigenvalue weighted by molar-refractivity contribution is -0.386. The number of hydrogen-bond acceptors (Lipinski definition) is 5. The van der Waals surface area contributed by atoms with Crippen molar-refractivity contribution < 1.29 is 9.66 Å². The molecule has 0 atom stereocenters. The summed E-state index contributed by atoms with van der Waals surface area (Å²) in [4.78, 5) is 11.6. The van der Waals surface area contributed by atoms with E-state index in [0.29, 0.717) is 18.9 Å². The van der Waals surface area contributed by atoms with E-state index in [4.69, 9.17) is 4.74 Å². The van der Waals surface area contributed by atoms with Crippen LogP contribution in [0.15, 0.2) is 35.7 Å². The fraction of sp³-hybridized carbons (Fsp3) is 0.231. The molecule has 1 aromatic carbocycles. The van der Waals surface area contributed by atoms with Crippen LogP contribution in [0, 0.1) is 10.1 Å². The summed E-state index contributed by atoms with van der Waals surface area (Å²) in [5.41, 5.74) is 0.950. The van der Waals surface area contributed by atoms with Gasteiger partial charge in [0.2, 0.25) is 0 Å². The molecular formula is C13H14N2O3S. The van der Waals surface area contributed by atoms with Gasteiger partial charge in [-0.05, 0) is 30.1 Å². The van der Waals surface area contributed by atoms with Gasteiger partial charge >= 0.3 is 5.69 Å². The maximum absolute atomic E-state index is 11.0. The number of thiophene rings is 1. The van der Waals surface area contributed by atoms with Gasteiger partial charge in [0.25, 0.3) is 0 Å². The second kappa shape index (κ2) is 6.31. The standard InChI is InChI=1S/C13H14N2O3S/c1-14-8-10-4-5-12(15(16)17)13(7-10)18-9-11-3-2-6-19-11/h2-7,14H,8-9H2,1H3. The number of ether oxygens (including phenoxy) is 1. The van der Waals surface area contributed by atoms with Gasteiger partial charge in [0.1, 0.15) is 6.61 Å². The van der Waals surface area contributed by atoms with E-state index < -0.39 is 4.92 Å². The van der Waals surface area contributed by atoms with Crippen LogP contribution in [0.2, 0.25) is 0 Å². The molecule has 0 saturated carbocycles. The molecule has 0 bridgehead atoms. The van der Waals surface area contributed by atoms with Crippen molar-refractivity contribution >= 4 is 17.0 Å². The third-order valence-corrected chi connectivity index (χ3v) is 3.40. The summed E-state index contributed by atoms with van der Waals surface area (Å²) in [6.45, 7) is 0.995. The van der Waals surface area contributed by atoms with Gasteiger partial charge in [-0.1, -0.05) is 12.1 Å². The summed E-state index contributed by atoms with van der Waals surface area (Å²) in [7, 11) is 1.83. The van der Waals surface area contributed by atoms with Crippen molar-refractivity contribution in [2.75, 3.05) is 7.05 Å². The monoisotopic (exact) mass is 278 g/mol. The SMILES string of the molecule is CNCc1ccc([N+](=O)[O-])c(OCc2cccs2)c1. The van der Waals surface area contributed by atoms with E-state index in [0.717, 1.165) is 10.4 Å². The number of benzene rings is 1. The highest BCUT2D eigenvalue weighted by Gasteiger charge is 2.15. The number of nitro benzene ring substituents is 1. The van der Waals surface area contributed by atoms with Gasteiger partial charge in [0.05, 0.1) is 4.92 Å². The lowest BCUT2D eigenvalue weighted by Crippen LogP contribution is -2.06. The molecule has 0 radical (unpaired) electrons. The van der Waals surface area contributed by atoms with E-state index >= 15 is 0 Å². The van der Waals surface area contributed by atoms with E-state index in [9.17, 15) is 10.1 Å². The van der Waals surface area contributed by atoms with Crippen LogP contribution in [-0.2, 0) is 13.2 Å². The molecular weight excluding hydrogens is 264 g/mol. The Morgan fingerprint density at radius 3 is 2.89 bits per heavy atom. The number of nitrogens with zero attached hydrogens (tertiary/aromatic N) is 1.